The van der Waals surface area contributed by atoms with Crippen LogP contribution in [-0.4, -0.2) is 29.9 Å². The van der Waals surface area contributed by atoms with Crippen LogP contribution in [0.4, 0.5) is 0 Å². The number of nitrogens with zero attached hydrogens (tertiary/aromatic N) is 1. The van der Waals surface area contributed by atoms with Crippen molar-refractivity contribution in [2.45, 2.75) is 45.1 Å². The molecule has 3 nitrogen and oxygen atoms in total. The van der Waals surface area contributed by atoms with Gasteiger partial charge in [-0.25, -0.2) is 0 Å². The van der Waals surface area contributed by atoms with Gasteiger partial charge in [0.05, 0.1) is 0 Å². The number of carbonyl (C=O) groups is 1. The quantitative estimate of drug-likeness (QED) is 0.878. The molecule has 0 heterocycles. The molecule has 1 amide bonds. The number of benzene rings is 1. The molecular formula is C17H27ClN2O. The summed E-state index contributed by atoms with van der Waals surface area (Å²) in [7, 11) is 0. The lowest BCUT2D eigenvalue weighted by atomic mass is 9.99. The monoisotopic (exact) mass is 310 g/mol. The normalized spacial score (nSPS) is 20.9. The van der Waals surface area contributed by atoms with Crippen molar-refractivity contribution in [3.05, 3.63) is 35.9 Å². The fourth-order valence-electron chi connectivity index (χ4n) is 3.04. The van der Waals surface area contributed by atoms with Gasteiger partial charge in [0.1, 0.15) is 0 Å². The summed E-state index contributed by atoms with van der Waals surface area (Å²) >= 11 is 0. The van der Waals surface area contributed by atoms with Gasteiger partial charge in [-0.3, -0.25) is 4.79 Å². The van der Waals surface area contributed by atoms with Crippen molar-refractivity contribution < 1.29 is 4.79 Å². The molecule has 1 fully saturated rings. The lowest BCUT2D eigenvalue weighted by molar-refractivity contribution is -0.132. The molecule has 0 saturated heterocycles. The molecule has 0 radical (unpaired) electrons. The van der Waals surface area contributed by atoms with Crippen LogP contribution >= 0.6 is 12.4 Å². The third-order valence-electron chi connectivity index (χ3n) is 4.40. The van der Waals surface area contributed by atoms with Crippen LogP contribution in [0.5, 0.6) is 0 Å². The Bertz CT molecular complexity index is 424. The molecule has 0 spiro atoms. The van der Waals surface area contributed by atoms with E-state index >= 15 is 0 Å². The standard InChI is InChI=1S/C17H26N2O.ClH/c1-2-19(12-11-14-7-4-3-5-8-14)17(20)13-15-9-6-10-16(15)18;/h3-5,7-8,15-16H,2,6,9-13,18H2,1H3;1H/t15-,16+;/m0./s1. The van der Waals surface area contributed by atoms with Crippen LogP contribution < -0.4 is 5.73 Å². The first kappa shape index (κ1) is 18.0. The minimum Gasteiger partial charge on any atom is -0.343 e. The van der Waals surface area contributed by atoms with Gasteiger partial charge in [-0.2, -0.15) is 0 Å². The van der Waals surface area contributed by atoms with E-state index in [2.05, 4.69) is 19.1 Å². The smallest absolute Gasteiger partial charge is 0.222 e. The maximum absolute atomic E-state index is 12.4. The predicted octanol–water partition coefficient (Wildman–Crippen LogP) is 3.02. The molecule has 0 aliphatic heterocycles. The number of halogens is 1. The number of nitrogens with two attached hydrogens (primary N) is 1. The Hall–Kier alpha value is -1.06. The van der Waals surface area contributed by atoms with Gasteiger partial charge >= 0.3 is 0 Å². The fraction of sp³-hybridized carbons (Fsp3) is 0.588. The maximum Gasteiger partial charge on any atom is 0.222 e. The molecular weight excluding hydrogens is 284 g/mol. The van der Waals surface area contributed by atoms with Gasteiger partial charge in [0, 0.05) is 25.6 Å². The zero-order chi connectivity index (χ0) is 14.4. The summed E-state index contributed by atoms with van der Waals surface area (Å²) in [6, 6.07) is 10.6. The molecule has 2 N–H and O–H groups in total. The van der Waals surface area contributed by atoms with E-state index in [1.165, 1.54) is 12.0 Å². The van der Waals surface area contributed by atoms with Crippen molar-refractivity contribution in [3.8, 4) is 0 Å². The number of likely N-dealkylation sites (N-methyl/N-ethyl adjacent to an activating group) is 1. The number of hydrogen-bond donors (Lipinski definition) is 1. The van der Waals surface area contributed by atoms with Crippen molar-refractivity contribution in [1.82, 2.24) is 4.90 Å². The molecule has 0 bridgehead atoms. The van der Waals surface area contributed by atoms with Crippen LogP contribution in [0.25, 0.3) is 0 Å². The number of hydrogen-bond acceptors (Lipinski definition) is 2. The second kappa shape index (κ2) is 9.06. The summed E-state index contributed by atoms with van der Waals surface area (Å²) in [4.78, 5) is 14.3. The first-order chi connectivity index (χ1) is 9.70. The molecule has 2 rings (SSSR count). The average molecular weight is 311 g/mol. The molecule has 1 aromatic carbocycles. The minimum atomic E-state index is 0. The second-order valence-electron chi connectivity index (χ2n) is 5.77. The average Bonchev–Trinajstić information content (AvgIpc) is 2.86. The van der Waals surface area contributed by atoms with E-state index in [0.717, 1.165) is 32.4 Å². The lowest BCUT2D eigenvalue weighted by Gasteiger charge is -2.24. The van der Waals surface area contributed by atoms with Gasteiger partial charge in [0.2, 0.25) is 5.91 Å². The molecule has 0 aromatic heterocycles. The number of amides is 1. The third kappa shape index (κ3) is 5.33. The van der Waals surface area contributed by atoms with Crippen molar-refractivity contribution in [3.63, 3.8) is 0 Å². The van der Waals surface area contributed by atoms with E-state index in [4.69, 9.17) is 5.73 Å². The van der Waals surface area contributed by atoms with Crippen molar-refractivity contribution in [2.24, 2.45) is 11.7 Å². The van der Waals surface area contributed by atoms with E-state index < -0.39 is 0 Å². The van der Waals surface area contributed by atoms with Gasteiger partial charge in [-0.05, 0) is 37.7 Å². The summed E-state index contributed by atoms with van der Waals surface area (Å²) in [5, 5.41) is 0. The summed E-state index contributed by atoms with van der Waals surface area (Å²) < 4.78 is 0. The SMILES string of the molecule is CCN(CCc1ccccc1)C(=O)C[C@@H]1CCC[C@H]1N.Cl. The second-order valence-corrected chi connectivity index (χ2v) is 5.77. The van der Waals surface area contributed by atoms with Gasteiger partial charge in [-0.15, -0.1) is 12.4 Å². The van der Waals surface area contributed by atoms with Crippen LogP contribution in [0.15, 0.2) is 30.3 Å². The predicted molar refractivity (Wildman–Crippen MR) is 89.6 cm³/mol. The first-order valence-electron chi connectivity index (χ1n) is 7.78. The summed E-state index contributed by atoms with van der Waals surface area (Å²) in [6.07, 6.45) is 4.92. The van der Waals surface area contributed by atoms with Gasteiger partial charge in [0.25, 0.3) is 0 Å². The molecule has 1 aliphatic rings. The van der Waals surface area contributed by atoms with Crippen molar-refractivity contribution >= 4 is 18.3 Å². The highest BCUT2D eigenvalue weighted by Gasteiger charge is 2.27. The Morgan fingerprint density at radius 2 is 2.00 bits per heavy atom. The Morgan fingerprint density at radius 1 is 1.29 bits per heavy atom. The van der Waals surface area contributed by atoms with Crippen LogP contribution in [0.1, 0.15) is 38.2 Å². The minimum absolute atomic E-state index is 0. The van der Waals surface area contributed by atoms with Crippen LogP contribution in [0, 0.1) is 5.92 Å². The lowest BCUT2D eigenvalue weighted by Crippen LogP contribution is -2.36. The molecule has 1 saturated carbocycles. The first-order valence-corrected chi connectivity index (χ1v) is 7.78. The Balaban J connectivity index is 0.00000220. The molecule has 1 aromatic rings. The summed E-state index contributed by atoms with van der Waals surface area (Å²) in [6.45, 7) is 3.65. The number of rotatable bonds is 6. The molecule has 4 heteroatoms. The van der Waals surface area contributed by atoms with E-state index in [1.54, 1.807) is 0 Å². The molecule has 0 unspecified atom stereocenters. The van der Waals surface area contributed by atoms with Crippen LogP contribution in [0.3, 0.4) is 0 Å². The van der Waals surface area contributed by atoms with E-state index in [0.29, 0.717) is 12.3 Å². The molecule has 21 heavy (non-hydrogen) atoms. The fourth-order valence-corrected chi connectivity index (χ4v) is 3.04. The zero-order valence-electron chi connectivity index (χ0n) is 12.8. The van der Waals surface area contributed by atoms with Crippen LogP contribution in [0.2, 0.25) is 0 Å². The van der Waals surface area contributed by atoms with Gasteiger partial charge < -0.3 is 10.6 Å². The molecule has 118 valence electrons. The Labute approximate surface area is 134 Å². The van der Waals surface area contributed by atoms with Crippen molar-refractivity contribution in [1.29, 1.82) is 0 Å². The number of carbonyl (C=O) groups excluding carboxylic acids is 1. The van der Waals surface area contributed by atoms with Crippen LogP contribution in [-0.2, 0) is 11.2 Å². The van der Waals surface area contributed by atoms with Gasteiger partial charge in [-0.1, -0.05) is 36.8 Å². The highest BCUT2D eigenvalue weighted by atomic mass is 35.5. The van der Waals surface area contributed by atoms with E-state index in [1.807, 2.05) is 23.1 Å². The van der Waals surface area contributed by atoms with Crippen molar-refractivity contribution in [2.75, 3.05) is 13.1 Å². The van der Waals surface area contributed by atoms with E-state index in [-0.39, 0.29) is 24.4 Å². The highest BCUT2D eigenvalue weighted by molar-refractivity contribution is 5.85. The zero-order valence-corrected chi connectivity index (χ0v) is 13.6. The Kier molecular flexibility index (Phi) is 7.76. The maximum atomic E-state index is 12.4. The topological polar surface area (TPSA) is 46.3 Å². The highest BCUT2D eigenvalue weighted by Crippen LogP contribution is 2.27. The molecule has 1 aliphatic carbocycles. The van der Waals surface area contributed by atoms with E-state index in [9.17, 15) is 4.79 Å². The third-order valence-corrected chi connectivity index (χ3v) is 4.40. The Morgan fingerprint density at radius 3 is 2.57 bits per heavy atom. The largest absolute Gasteiger partial charge is 0.343 e. The summed E-state index contributed by atoms with van der Waals surface area (Å²) in [5.74, 6) is 0.666. The summed E-state index contributed by atoms with van der Waals surface area (Å²) in [5.41, 5.74) is 7.35. The van der Waals surface area contributed by atoms with Gasteiger partial charge in [0.15, 0.2) is 0 Å². The molecule has 2 atom stereocenters.